The van der Waals surface area contributed by atoms with Gasteiger partial charge in [-0.25, -0.2) is 4.98 Å². The molecular formula is C17H21N3O3. The molecule has 1 aliphatic rings. The lowest BCUT2D eigenvalue weighted by Crippen LogP contribution is -2.58. The van der Waals surface area contributed by atoms with Crippen molar-refractivity contribution in [3.05, 3.63) is 49.1 Å². The first-order chi connectivity index (χ1) is 11.0. The Morgan fingerprint density at radius 1 is 1.43 bits per heavy atom. The minimum absolute atomic E-state index is 0.000150. The van der Waals surface area contributed by atoms with Gasteiger partial charge in [-0.1, -0.05) is 18.2 Å². The molecule has 0 unspecified atom stereocenters. The summed E-state index contributed by atoms with van der Waals surface area (Å²) < 4.78 is 7.66. The zero-order valence-electron chi connectivity index (χ0n) is 13.1. The van der Waals surface area contributed by atoms with Crippen LogP contribution in [0.5, 0.6) is 5.75 Å². The normalized spacial score (nSPS) is 24.4. The van der Waals surface area contributed by atoms with Gasteiger partial charge in [-0.2, -0.15) is 0 Å². The van der Waals surface area contributed by atoms with E-state index in [1.165, 1.54) is 0 Å². The lowest BCUT2D eigenvalue weighted by Gasteiger charge is -2.42. The molecule has 1 aromatic heterocycles. The summed E-state index contributed by atoms with van der Waals surface area (Å²) in [5.41, 5.74) is -0.957. The van der Waals surface area contributed by atoms with Gasteiger partial charge >= 0.3 is 0 Å². The van der Waals surface area contributed by atoms with Gasteiger partial charge in [0.2, 0.25) is 5.91 Å². The lowest BCUT2D eigenvalue weighted by molar-refractivity contribution is -0.144. The predicted octanol–water partition coefficient (Wildman–Crippen LogP) is 1.31. The molecule has 1 aliphatic heterocycles. The van der Waals surface area contributed by atoms with Gasteiger partial charge in [0.15, 0.2) is 0 Å². The van der Waals surface area contributed by atoms with Crippen molar-refractivity contribution in [1.82, 2.24) is 14.5 Å². The fourth-order valence-electron chi connectivity index (χ4n) is 2.70. The summed E-state index contributed by atoms with van der Waals surface area (Å²) in [5, 5.41) is 10.6. The number of aliphatic hydroxyl groups is 1. The number of aromatic nitrogens is 2. The second kappa shape index (κ2) is 6.42. The second-order valence-electron chi connectivity index (χ2n) is 6.10. The Hall–Kier alpha value is -2.34. The number of hydrogen-bond acceptors (Lipinski definition) is 4. The second-order valence-corrected chi connectivity index (χ2v) is 6.10. The van der Waals surface area contributed by atoms with Gasteiger partial charge in [-0.15, -0.1) is 0 Å². The van der Waals surface area contributed by atoms with Crippen LogP contribution < -0.4 is 4.74 Å². The van der Waals surface area contributed by atoms with Crippen molar-refractivity contribution in [3.8, 4) is 5.75 Å². The number of carbonyl (C=O) groups excluding carboxylic acids is 1. The third kappa shape index (κ3) is 3.71. The molecule has 3 rings (SSSR count). The van der Waals surface area contributed by atoms with Crippen molar-refractivity contribution in [3.63, 3.8) is 0 Å². The maximum absolute atomic E-state index is 12.4. The first-order valence-corrected chi connectivity index (χ1v) is 7.72. The van der Waals surface area contributed by atoms with Crippen LogP contribution in [0.15, 0.2) is 49.1 Å². The molecule has 2 aromatic rings. The van der Waals surface area contributed by atoms with E-state index in [-0.39, 0.29) is 12.5 Å². The molecule has 23 heavy (non-hydrogen) atoms. The quantitative estimate of drug-likeness (QED) is 0.924. The van der Waals surface area contributed by atoms with Crippen LogP contribution in [-0.2, 0) is 11.3 Å². The molecule has 122 valence electrons. The number of likely N-dealkylation sites (tertiary alicyclic amines) is 1. The first-order valence-electron chi connectivity index (χ1n) is 7.72. The van der Waals surface area contributed by atoms with E-state index in [1.807, 2.05) is 30.3 Å². The molecule has 1 amide bonds. The van der Waals surface area contributed by atoms with E-state index < -0.39 is 11.7 Å². The monoisotopic (exact) mass is 315 g/mol. The van der Waals surface area contributed by atoms with Crippen LogP contribution in [0.3, 0.4) is 0 Å². The number of ether oxygens (including phenoxy) is 1. The van der Waals surface area contributed by atoms with E-state index in [2.05, 4.69) is 4.98 Å². The van der Waals surface area contributed by atoms with Gasteiger partial charge in [0.25, 0.3) is 0 Å². The first kappa shape index (κ1) is 15.6. The maximum atomic E-state index is 12.4. The molecular weight excluding hydrogens is 294 g/mol. The number of para-hydroxylation sites is 1. The van der Waals surface area contributed by atoms with Crippen LogP contribution in [0.25, 0.3) is 0 Å². The number of rotatable bonds is 4. The number of carbonyl (C=O) groups is 1. The summed E-state index contributed by atoms with van der Waals surface area (Å²) in [7, 11) is 0. The van der Waals surface area contributed by atoms with Crippen LogP contribution in [0.2, 0.25) is 0 Å². The summed E-state index contributed by atoms with van der Waals surface area (Å²) in [6.07, 6.45) is 5.06. The minimum Gasteiger partial charge on any atom is -0.486 e. The fraction of sp³-hybridized carbons (Fsp3) is 0.412. The van der Waals surface area contributed by atoms with Gasteiger partial charge in [-0.3, -0.25) is 4.79 Å². The Labute approximate surface area is 135 Å². The average Bonchev–Trinajstić information content (AvgIpc) is 3.03. The summed E-state index contributed by atoms with van der Waals surface area (Å²) in [5.74, 6) is 0.696. The summed E-state index contributed by atoms with van der Waals surface area (Å²) in [6, 6.07) is 9.38. The highest BCUT2D eigenvalue weighted by Gasteiger charge is 2.40. The molecule has 0 radical (unpaired) electrons. The van der Waals surface area contributed by atoms with Crippen molar-refractivity contribution >= 4 is 5.91 Å². The zero-order valence-corrected chi connectivity index (χ0v) is 13.1. The summed E-state index contributed by atoms with van der Waals surface area (Å²) in [4.78, 5) is 18.1. The number of imidazole rings is 1. The lowest BCUT2D eigenvalue weighted by atomic mass is 9.90. The van der Waals surface area contributed by atoms with Gasteiger partial charge < -0.3 is 19.3 Å². The Morgan fingerprint density at radius 2 is 2.22 bits per heavy atom. The molecule has 1 aromatic carbocycles. The molecule has 6 heteroatoms. The van der Waals surface area contributed by atoms with E-state index in [9.17, 15) is 9.90 Å². The van der Waals surface area contributed by atoms with Crippen molar-refractivity contribution in [2.75, 3.05) is 13.1 Å². The average molecular weight is 315 g/mol. The Bertz CT molecular complexity index is 640. The molecule has 2 atom stereocenters. The van der Waals surface area contributed by atoms with E-state index in [0.29, 0.717) is 25.3 Å². The van der Waals surface area contributed by atoms with Crippen LogP contribution >= 0.6 is 0 Å². The maximum Gasteiger partial charge on any atom is 0.242 e. The molecule has 0 aliphatic carbocycles. The van der Waals surface area contributed by atoms with Gasteiger partial charge in [0.05, 0.1) is 12.9 Å². The van der Waals surface area contributed by atoms with Gasteiger partial charge in [0.1, 0.15) is 24.0 Å². The van der Waals surface area contributed by atoms with Crippen molar-refractivity contribution in [2.24, 2.45) is 0 Å². The van der Waals surface area contributed by atoms with Crippen LogP contribution in [0.1, 0.15) is 13.3 Å². The highest BCUT2D eigenvalue weighted by Crippen LogP contribution is 2.26. The topological polar surface area (TPSA) is 67.6 Å². The molecule has 1 fully saturated rings. The number of piperidine rings is 1. The largest absolute Gasteiger partial charge is 0.486 e. The summed E-state index contributed by atoms with van der Waals surface area (Å²) in [6.45, 7) is 2.91. The van der Waals surface area contributed by atoms with E-state index >= 15 is 0 Å². The highest BCUT2D eigenvalue weighted by atomic mass is 16.5. The Balaban J connectivity index is 1.67. The predicted molar refractivity (Wildman–Crippen MR) is 84.9 cm³/mol. The van der Waals surface area contributed by atoms with Crippen molar-refractivity contribution in [1.29, 1.82) is 0 Å². The van der Waals surface area contributed by atoms with Crippen molar-refractivity contribution in [2.45, 2.75) is 31.6 Å². The Kier molecular flexibility index (Phi) is 4.34. The van der Waals surface area contributed by atoms with E-state index in [0.717, 1.165) is 0 Å². The molecule has 1 saturated heterocycles. The van der Waals surface area contributed by atoms with E-state index in [1.54, 1.807) is 35.1 Å². The van der Waals surface area contributed by atoms with Crippen LogP contribution in [0, 0.1) is 0 Å². The molecule has 1 N–H and O–H groups in total. The van der Waals surface area contributed by atoms with Crippen LogP contribution in [0.4, 0.5) is 0 Å². The van der Waals surface area contributed by atoms with Gasteiger partial charge in [-0.05, 0) is 25.5 Å². The smallest absolute Gasteiger partial charge is 0.242 e. The number of hydrogen-bond donors (Lipinski definition) is 1. The summed E-state index contributed by atoms with van der Waals surface area (Å²) >= 11 is 0. The van der Waals surface area contributed by atoms with Crippen LogP contribution in [-0.4, -0.2) is 50.3 Å². The van der Waals surface area contributed by atoms with E-state index in [4.69, 9.17) is 4.74 Å². The molecule has 0 spiro atoms. The number of amides is 1. The molecule has 0 bridgehead atoms. The zero-order chi connectivity index (χ0) is 16.3. The third-order valence-electron chi connectivity index (χ3n) is 4.22. The molecule has 6 nitrogen and oxygen atoms in total. The highest BCUT2D eigenvalue weighted by molar-refractivity contribution is 5.76. The molecule has 0 saturated carbocycles. The van der Waals surface area contributed by atoms with Crippen molar-refractivity contribution < 1.29 is 14.6 Å². The Morgan fingerprint density at radius 3 is 2.91 bits per heavy atom. The minimum atomic E-state index is -0.957. The SMILES string of the molecule is C[C@@]1(O)CCN(C(=O)Cn2ccnc2)C[C@H]1Oc1ccccc1. The molecule has 2 heterocycles. The third-order valence-corrected chi connectivity index (χ3v) is 4.22. The number of benzene rings is 1. The number of nitrogens with zero attached hydrogens (tertiary/aromatic N) is 3. The van der Waals surface area contributed by atoms with Gasteiger partial charge in [0, 0.05) is 18.9 Å². The standard InChI is InChI=1S/C17H21N3O3/c1-17(22)7-9-20(16(21)12-19-10-8-18-13-19)11-15(17)23-14-5-3-2-4-6-14/h2-6,8,10,13,15,22H,7,9,11-12H2,1H3/t15-,17-/m1/s1. The fourth-order valence-corrected chi connectivity index (χ4v) is 2.70.